The fourth-order valence-electron chi connectivity index (χ4n) is 5.05. The number of benzene rings is 1. The molecule has 0 nitrogen and oxygen atoms in total. The Morgan fingerprint density at radius 2 is 1.43 bits per heavy atom. The molecule has 0 N–H and O–H groups in total. The zero-order chi connectivity index (χ0) is 16.2. The average Bonchev–Trinajstić information content (AvgIpc) is 2.59. The molecule has 2 heteroatoms. The first-order valence-electron chi connectivity index (χ1n) is 9.62. The molecule has 0 heterocycles. The van der Waals surface area contributed by atoms with E-state index in [2.05, 4.69) is 6.92 Å². The molecule has 2 aliphatic rings. The van der Waals surface area contributed by atoms with Gasteiger partial charge in [0.1, 0.15) is 0 Å². The summed E-state index contributed by atoms with van der Waals surface area (Å²) < 4.78 is 26.5. The second-order valence-electron chi connectivity index (χ2n) is 7.85. The Balaban J connectivity index is 1.50. The second kappa shape index (κ2) is 7.77. The maximum Gasteiger partial charge on any atom is 0.159 e. The third-order valence-electron chi connectivity index (χ3n) is 6.44. The first-order valence-corrected chi connectivity index (χ1v) is 9.62. The molecule has 2 aliphatic carbocycles. The van der Waals surface area contributed by atoms with Gasteiger partial charge in [-0.15, -0.1) is 0 Å². The van der Waals surface area contributed by atoms with Gasteiger partial charge >= 0.3 is 0 Å². The van der Waals surface area contributed by atoms with E-state index in [1.807, 2.05) is 0 Å². The number of halogens is 2. The fraction of sp³-hybridized carbons (Fsp3) is 0.714. The number of hydrogen-bond donors (Lipinski definition) is 0. The molecule has 23 heavy (non-hydrogen) atoms. The highest BCUT2D eigenvalue weighted by Crippen LogP contribution is 2.44. The van der Waals surface area contributed by atoms with E-state index in [-0.39, 0.29) is 0 Å². The van der Waals surface area contributed by atoms with Crippen molar-refractivity contribution in [2.45, 2.75) is 77.0 Å². The molecule has 2 fully saturated rings. The molecule has 0 aromatic heterocycles. The predicted octanol–water partition coefficient (Wildman–Crippen LogP) is 6.85. The van der Waals surface area contributed by atoms with Crippen LogP contribution in [0.15, 0.2) is 18.2 Å². The van der Waals surface area contributed by atoms with Gasteiger partial charge in [-0.05, 0) is 79.9 Å². The average molecular weight is 320 g/mol. The normalized spacial score (nSPS) is 32.0. The van der Waals surface area contributed by atoms with Crippen LogP contribution in [-0.4, -0.2) is 0 Å². The van der Waals surface area contributed by atoms with E-state index < -0.39 is 11.6 Å². The summed E-state index contributed by atoms with van der Waals surface area (Å²) in [4.78, 5) is 0. The quantitative estimate of drug-likeness (QED) is 0.569. The Hall–Kier alpha value is -0.920. The smallest absolute Gasteiger partial charge is 0.159 e. The van der Waals surface area contributed by atoms with E-state index in [9.17, 15) is 8.78 Å². The summed E-state index contributed by atoms with van der Waals surface area (Å²) in [5.74, 6) is 1.78. The highest BCUT2D eigenvalue weighted by Gasteiger charge is 2.31. The zero-order valence-corrected chi connectivity index (χ0v) is 14.4. The highest BCUT2D eigenvalue weighted by molar-refractivity contribution is 5.22. The zero-order valence-electron chi connectivity index (χ0n) is 14.4. The van der Waals surface area contributed by atoms with Crippen molar-refractivity contribution in [3.63, 3.8) is 0 Å². The summed E-state index contributed by atoms with van der Waals surface area (Å²) in [6, 6.07) is 4.47. The molecule has 0 saturated heterocycles. The van der Waals surface area contributed by atoms with Crippen molar-refractivity contribution in [1.29, 1.82) is 0 Å². The van der Waals surface area contributed by atoms with Gasteiger partial charge in [0, 0.05) is 0 Å². The Kier molecular flexibility index (Phi) is 5.71. The van der Waals surface area contributed by atoms with Gasteiger partial charge in [0.25, 0.3) is 0 Å². The van der Waals surface area contributed by atoms with Gasteiger partial charge in [0.05, 0.1) is 0 Å². The Bertz CT molecular complexity index is 495. The molecule has 0 aliphatic heterocycles. The lowest BCUT2D eigenvalue weighted by atomic mass is 9.68. The van der Waals surface area contributed by atoms with Crippen LogP contribution in [0, 0.1) is 29.4 Å². The van der Waals surface area contributed by atoms with Crippen LogP contribution in [0.25, 0.3) is 0 Å². The molecule has 128 valence electrons. The van der Waals surface area contributed by atoms with Crippen LogP contribution in [-0.2, 0) is 0 Å². The van der Waals surface area contributed by atoms with E-state index in [1.165, 1.54) is 63.5 Å². The summed E-state index contributed by atoms with van der Waals surface area (Å²) in [5, 5.41) is 0. The van der Waals surface area contributed by atoms with Crippen molar-refractivity contribution in [2.24, 2.45) is 17.8 Å². The fourth-order valence-corrected chi connectivity index (χ4v) is 5.05. The Morgan fingerprint density at radius 3 is 2.00 bits per heavy atom. The van der Waals surface area contributed by atoms with Crippen molar-refractivity contribution in [1.82, 2.24) is 0 Å². The van der Waals surface area contributed by atoms with E-state index in [0.29, 0.717) is 5.92 Å². The van der Waals surface area contributed by atoms with Gasteiger partial charge in [-0.2, -0.15) is 0 Å². The van der Waals surface area contributed by atoms with E-state index in [4.69, 9.17) is 0 Å². The summed E-state index contributed by atoms with van der Waals surface area (Å²) in [6.07, 6.45) is 13.3. The van der Waals surface area contributed by atoms with Crippen molar-refractivity contribution in [3.05, 3.63) is 35.4 Å². The first-order chi connectivity index (χ1) is 11.2. The van der Waals surface area contributed by atoms with Crippen LogP contribution in [0.1, 0.15) is 82.6 Å². The minimum absolute atomic E-state index is 0.429. The standard InChI is InChI=1S/C21H30F2/c1-2-3-15-4-6-16(7-5-15)17-8-10-18(11-9-17)19-12-13-20(22)21(23)14-19/h12-18H,2-11H2,1H3/t15-,16-,17?,18?. The maximum absolute atomic E-state index is 13.4. The summed E-state index contributed by atoms with van der Waals surface area (Å²) in [6.45, 7) is 2.30. The van der Waals surface area contributed by atoms with Crippen LogP contribution in [0.4, 0.5) is 8.78 Å². The van der Waals surface area contributed by atoms with Crippen molar-refractivity contribution in [3.8, 4) is 0 Å². The van der Waals surface area contributed by atoms with Crippen molar-refractivity contribution >= 4 is 0 Å². The molecule has 0 spiro atoms. The third-order valence-corrected chi connectivity index (χ3v) is 6.44. The minimum atomic E-state index is -0.730. The summed E-state index contributed by atoms with van der Waals surface area (Å²) in [7, 11) is 0. The molecule has 2 saturated carbocycles. The lowest BCUT2D eigenvalue weighted by molar-refractivity contribution is 0.156. The van der Waals surface area contributed by atoms with Crippen LogP contribution >= 0.6 is 0 Å². The van der Waals surface area contributed by atoms with E-state index >= 15 is 0 Å². The third kappa shape index (κ3) is 4.14. The Labute approximate surface area is 139 Å². The molecule has 3 rings (SSSR count). The maximum atomic E-state index is 13.4. The van der Waals surface area contributed by atoms with Crippen molar-refractivity contribution < 1.29 is 8.78 Å². The monoisotopic (exact) mass is 320 g/mol. The summed E-state index contributed by atoms with van der Waals surface area (Å²) >= 11 is 0. The van der Waals surface area contributed by atoms with Gasteiger partial charge < -0.3 is 0 Å². The topological polar surface area (TPSA) is 0 Å². The minimum Gasteiger partial charge on any atom is -0.204 e. The van der Waals surface area contributed by atoms with Gasteiger partial charge in [0.2, 0.25) is 0 Å². The number of hydrogen-bond acceptors (Lipinski definition) is 0. The SMILES string of the molecule is CCC[C@H]1CC[C@H](C2CCC(c3ccc(F)c(F)c3)CC2)CC1. The van der Waals surface area contributed by atoms with E-state index in [0.717, 1.165) is 36.2 Å². The molecule has 1 aromatic rings. The van der Waals surface area contributed by atoms with Crippen LogP contribution < -0.4 is 0 Å². The summed E-state index contributed by atoms with van der Waals surface area (Å²) in [5.41, 5.74) is 0.994. The van der Waals surface area contributed by atoms with Crippen molar-refractivity contribution in [2.75, 3.05) is 0 Å². The van der Waals surface area contributed by atoms with Gasteiger partial charge in [-0.25, -0.2) is 8.78 Å². The largest absolute Gasteiger partial charge is 0.204 e. The molecule has 0 amide bonds. The predicted molar refractivity (Wildman–Crippen MR) is 91.4 cm³/mol. The van der Waals surface area contributed by atoms with E-state index in [1.54, 1.807) is 6.07 Å². The van der Waals surface area contributed by atoms with Crippen LogP contribution in [0.5, 0.6) is 0 Å². The lowest BCUT2D eigenvalue weighted by Crippen LogP contribution is -2.25. The number of rotatable bonds is 4. The first kappa shape index (κ1) is 16.9. The molecular formula is C21H30F2. The second-order valence-corrected chi connectivity index (χ2v) is 7.85. The molecule has 1 aromatic carbocycles. The molecule has 0 bridgehead atoms. The molecule has 0 unspecified atom stereocenters. The molecule has 0 radical (unpaired) electrons. The van der Waals surface area contributed by atoms with Gasteiger partial charge in [0.15, 0.2) is 11.6 Å². The lowest BCUT2D eigenvalue weighted by Gasteiger charge is -2.38. The van der Waals surface area contributed by atoms with Gasteiger partial charge in [-0.1, -0.05) is 38.7 Å². The highest BCUT2D eigenvalue weighted by atomic mass is 19.2. The van der Waals surface area contributed by atoms with Gasteiger partial charge in [-0.3, -0.25) is 0 Å². The van der Waals surface area contributed by atoms with Crippen LogP contribution in [0.3, 0.4) is 0 Å². The molecule has 0 atom stereocenters. The molecular weight excluding hydrogens is 290 g/mol. The van der Waals surface area contributed by atoms with Crippen LogP contribution in [0.2, 0.25) is 0 Å². The Morgan fingerprint density at radius 1 is 0.826 bits per heavy atom.